The number of aryl methyl sites for hydroxylation is 1. The van der Waals surface area contributed by atoms with Gasteiger partial charge in [0.05, 0.1) is 6.54 Å². The van der Waals surface area contributed by atoms with Crippen molar-refractivity contribution in [3.8, 4) is 0 Å². The van der Waals surface area contributed by atoms with Crippen LogP contribution in [0.1, 0.15) is 17.4 Å². The van der Waals surface area contributed by atoms with Crippen LogP contribution in [0.4, 0.5) is 8.78 Å². The van der Waals surface area contributed by atoms with E-state index in [9.17, 15) is 22.0 Å². The maximum absolute atomic E-state index is 12.2. The van der Waals surface area contributed by atoms with Crippen LogP contribution in [-0.4, -0.2) is 43.8 Å². The van der Waals surface area contributed by atoms with E-state index in [2.05, 4.69) is 0 Å². The Hall–Kier alpha value is -1.48. The summed E-state index contributed by atoms with van der Waals surface area (Å²) in [6.07, 6.45) is -1.45. The van der Waals surface area contributed by atoms with Crippen molar-refractivity contribution in [3.05, 3.63) is 18.0 Å². The molecule has 0 saturated carbocycles. The number of alkyl halides is 2. The molecule has 1 rings (SSSR count). The molecule has 6 nitrogen and oxygen atoms in total. The Morgan fingerprint density at radius 3 is 2.53 bits per heavy atom. The van der Waals surface area contributed by atoms with Gasteiger partial charge in [-0.25, -0.2) is 22.3 Å². The first-order chi connectivity index (χ1) is 8.66. The Morgan fingerprint density at radius 1 is 1.53 bits per heavy atom. The molecule has 0 aliphatic heterocycles. The molecule has 0 aromatic carbocycles. The summed E-state index contributed by atoms with van der Waals surface area (Å²) in [6.45, 7) is 1.29. The number of carbonyl (C=O) groups excluding carboxylic acids is 1. The Labute approximate surface area is 109 Å². The molecule has 0 bridgehead atoms. The minimum absolute atomic E-state index is 0.00896. The summed E-state index contributed by atoms with van der Waals surface area (Å²) in [4.78, 5) is 12.5. The monoisotopic (exact) mass is 295 g/mol. The maximum Gasteiger partial charge on any atom is 0.270 e. The minimum Gasteiger partial charge on any atom is -0.342 e. The summed E-state index contributed by atoms with van der Waals surface area (Å²) in [6, 6.07) is 1.09. The summed E-state index contributed by atoms with van der Waals surface area (Å²) in [7, 11) is -2.72. The Bertz CT molecular complexity index is 569. The van der Waals surface area contributed by atoms with E-state index < -0.39 is 28.9 Å². The lowest BCUT2D eigenvalue weighted by atomic mass is 10.3. The number of carbonyl (C=O) groups is 1. The van der Waals surface area contributed by atoms with E-state index in [1.165, 1.54) is 17.8 Å². The average Bonchev–Trinajstić information content (AvgIpc) is 2.70. The quantitative estimate of drug-likeness (QED) is 0.858. The van der Waals surface area contributed by atoms with Gasteiger partial charge in [0.2, 0.25) is 10.0 Å². The molecular weight excluding hydrogens is 280 g/mol. The van der Waals surface area contributed by atoms with Crippen LogP contribution in [0.2, 0.25) is 0 Å². The van der Waals surface area contributed by atoms with Crippen molar-refractivity contribution in [2.24, 2.45) is 5.14 Å². The summed E-state index contributed by atoms with van der Waals surface area (Å²) in [5, 5.41) is 4.96. The van der Waals surface area contributed by atoms with Gasteiger partial charge in [-0.05, 0) is 13.0 Å². The number of sulfonamides is 1. The number of nitrogens with zero attached hydrogens (tertiary/aromatic N) is 2. The molecule has 2 N–H and O–H groups in total. The van der Waals surface area contributed by atoms with Gasteiger partial charge < -0.3 is 9.47 Å². The van der Waals surface area contributed by atoms with E-state index in [4.69, 9.17) is 5.14 Å². The summed E-state index contributed by atoms with van der Waals surface area (Å²) < 4.78 is 48.2. The summed E-state index contributed by atoms with van der Waals surface area (Å²) >= 11 is 0. The fourth-order valence-corrected chi connectivity index (χ4v) is 2.12. The predicted octanol–water partition coefficient (Wildman–Crippen LogP) is 0.492. The lowest BCUT2D eigenvalue weighted by Gasteiger charge is -2.17. The average molecular weight is 295 g/mol. The van der Waals surface area contributed by atoms with Crippen molar-refractivity contribution in [2.75, 3.05) is 13.6 Å². The van der Waals surface area contributed by atoms with Gasteiger partial charge in [-0.1, -0.05) is 0 Å². The van der Waals surface area contributed by atoms with Crippen LogP contribution in [0.25, 0.3) is 0 Å². The summed E-state index contributed by atoms with van der Waals surface area (Å²) in [5.74, 6) is -0.683. The van der Waals surface area contributed by atoms with Gasteiger partial charge >= 0.3 is 0 Å². The maximum atomic E-state index is 12.2. The van der Waals surface area contributed by atoms with Gasteiger partial charge in [0.15, 0.2) is 0 Å². The SMILES string of the molecule is CCn1cc(S(N)(=O)=O)cc1C(=O)N(C)CC(F)F. The molecule has 0 unspecified atom stereocenters. The second kappa shape index (κ2) is 5.66. The van der Waals surface area contributed by atoms with Crippen molar-refractivity contribution < 1.29 is 22.0 Å². The van der Waals surface area contributed by atoms with Crippen molar-refractivity contribution in [1.82, 2.24) is 9.47 Å². The van der Waals surface area contributed by atoms with Crippen molar-refractivity contribution in [2.45, 2.75) is 24.8 Å². The van der Waals surface area contributed by atoms with Crippen molar-refractivity contribution in [1.29, 1.82) is 0 Å². The van der Waals surface area contributed by atoms with E-state index in [1.54, 1.807) is 6.92 Å². The molecule has 0 fully saturated rings. The highest BCUT2D eigenvalue weighted by atomic mass is 32.2. The van der Waals surface area contributed by atoms with Crippen molar-refractivity contribution >= 4 is 15.9 Å². The molecule has 1 amide bonds. The van der Waals surface area contributed by atoms with Gasteiger partial charge in [-0.3, -0.25) is 4.79 Å². The fourth-order valence-electron chi connectivity index (χ4n) is 1.57. The number of hydrogen-bond donors (Lipinski definition) is 1. The predicted molar refractivity (Wildman–Crippen MR) is 64.4 cm³/mol. The number of rotatable bonds is 5. The third kappa shape index (κ3) is 3.74. The third-order valence-corrected chi connectivity index (χ3v) is 3.40. The molecule has 0 aliphatic carbocycles. The largest absolute Gasteiger partial charge is 0.342 e. The Balaban J connectivity index is 3.13. The number of nitrogens with two attached hydrogens (primary N) is 1. The second-order valence-electron chi connectivity index (χ2n) is 3.97. The van der Waals surface area contributed by atoms with Crippen LogP contribution in [0.3, 0.4) is 0 Å². The zero-order valence-corrected chi connectivity index (χ0v) is 11.3. The van der Waals surface area contributed by atoms with Gasteiger partial charge in [0.1, 0.15) is 10.6 Å². The Kier molecular flexibility index (Phi) is 4.64. The highest BCUT2D eigenvalue weighted by Crippen LogP contribution is 2.15. The first-order valence-corrected chi connectivity index (χ1v) is 6.98. The topological polar surface area (TPSA) is 85.4 Å². The van der Waals surface area contributed by atoms with Crippen LogP contribution < -0.4 is 5.14 Å². The van der Waals surface area contributed by atoms with Gasteiger partial charge in [-0.15, -0.1) is 0 Å². The standard InChI is InChI=1S/C10H15F2N3O3S/c1-3-15-5-7(19(13,17)18)4-8(15)10(16)14(2)6-9(11)12/h4-5,9H,3,6H2,1-2H3,(H2,13,17,18). The van der Waals surface area contributed by atoms with Crippen molar-refractivity contribution in [3.63, 3.8) is 0 Å². The molecule has 1 aromatic heterocycles. The van der Waals surface area contributed by atoms with Gasteiger partial charge in [-0.2, -0.15) is 0 Å². The fraction of sp³-hybridized carbons (Fsp3) is 0.500. The number of hydrogen-bond acceptors (Lipinski definition) is 3. The molecule has 0 spiro atoms. The van der Waals surface area contributed by atoms with Crippen LogP contribution in [0.15, 0.2) is 17.2 Å². The number of amides is 1. The first kappa shape index (κ1) is 15.6. The Morgan fingerprint density at radius 2 is 2.11 bits per heavy atom. The second-order valence-corrected chi connectivity index (χ2v) is 5.53. The molecule has 19 heavy (non-hydrogen) atoms. The van der Waals surface area contributed by atoms with Crippen LogP contribution in [-0.2, 0) is 16.6 Å². The van der Waals surface area contributed by atoms with E-state index in [-0.39, 0.29) is 10.6 Å². The van der Waals surface area contributed by atoms with Gasteiger partial charge in [0.25, 0.3) is 12.3 Å². The minimum atomic E-state index is -3.94. The summed E-state index contributed by atoms with van der Waals surface area (Å²) in [5.41, 5.74) is 0.00896. The molecule has 0 saturated heterocycles. The highest BCUT2D eigenvalue weighted by molar-refractivity contribution is 7.89. The van der Waals surface area contributed by atoms with Crippen LogP contribution in [0.5, 0.6) is 0 Å². The molecule has 0 atom stereocenters. The smallest absolute Gasteiger partial charge is 0.270 e. The number of primary sulfonamides is 1. The van der Waals surface area contributed by atoms with Crippen LogP contribution >= 0.6 is 0 Å². The number of aromatic nitrogens is 1. The normalized spacial score (nSPS) is 11.9. The van der Waals surface area contributed by atoms with E-state index in [0.29, 0.717) is 6.54 Å². The zero-order valence-electron chi connectivity index (χ0n) is 10.5. The first-order valence-electron chi connectivity index (χ1n) is 5.43. The number of halogens is 2. The zero-order chi connectivity index (χ0) is 14.8. The molecule has 1 heterocycles. The molecular formula is C10H15F2N3O3S. The van der Waals surface area contributed by atoms with E-state index >= 15 is 0 Å². The molecule has 1 aromatic rings. The highest BCUT2D eigenvalue weighted by Gasteiger charge is 2.22. The van der Waals surface area contributed by atoms with E-state index in [1.807, 2.05) is 0 Å². The molecule has 108 valence electrons. The van der Waals surface area contributed by atoms with Gasteiger partial charge in [0, 0.05) is 19.8 Å². The lowest BCUT2D eigenvalue weighted by molar-refractivity contribution is 0.0611. The molecule has 9 heteroatoms. The third-order valence-electron chi connectivity index (χ3n) is 2.52. The molecule has 0 radical (unpaired) electrons. The lowest BCUT2D eigenvalue weighted by Crippen LogP contribution is -2.32. The van der Waals surface area contributed by atoms with Crippen LogP contribution in [0, 0.1) is 0 Å². The molecule has 0 aliphatic rings. The van der Waals surface area contributed by atoms with E-state index in [0.717, 1.165) is 11.0 Å².